The van der Waals surface area contributed by atoms with Crippen molar-refractivity contribution in [3.05, 3.63) is 63.2 Å². The molecule has 2 aromatic rings. The van der Waals surface area contributed by atoms with Gasteiger partial charge in [-0.3, -0.25) is 20.4 Å². The van der Waals surface area contributed by atoms with Gasteiger partial charge in [0.2, 0.25) is 0 Å². The van der Waals surface area contributed by atoms with Crippen LogP contribution in [-0.4, -0.2) is 18.4 Å². The predicted molar refractivity (Wildman–Crippen MR) is 105 cm³/mol. The van der Waals surface area contributed by atoms with E-state index in [1.54, 1.807) is 36.4 Å². The molecule has 2 aromatic carbocycles. The Labute approximate surface area is 161 Å². The number of ether oxygens (including phenoxy) is 1. The van der Waals surface area contributed by atoms with E-state index in [4.69, 9.17) is 4.74 Å². The summed E-state index contributed by atoms with van der Waals surface area (Å²) in [6.45, 7) is 4.93. The van der Waals surface area contributed by atoms with E-state index in [2.05, 4.69) is 47.3 Å². The Kier molecular flexibility index (Phi) is 7.24. The molecule has 0 spiro atoms. The molecule has 0 fully saturated rings. The van der Waals surface area contributed by atoms with E-state index in [0.29, 0.717) is 23.7 Å². The lowest BCUT2D eigenvalue weighted by atomic mass is 10.1. The molecule has 6 heteroatoms. The molecule has 0 saturated heterocycles. The summed E-state index contributed by atoms with van der Waals surface area (Å²) in [6, 6.07) is 14.0. The molecule has 2 rings (SSSR count). The standard InChI is InChI=1S/C19H21IN2O3/c1-13(2)11-12-25-15-9-7-14(8-10-15)18(23)21-22-19(24)16-5-3-4-6-17(16)20/h3-10,13H,11-12H2,1-2H3,(H,21,23)(H,22,24). The number of rotatable bonds is 6. The third kappa shape index (κ3) is 6.04. The van der Waals surface area contributed by atoms with Crippen molar-refractivity contribution in [1.82, 2.24) is 10.9 Å². The van der Waals surface area contributed by atoms with Crippen LogP contribution in [0.2, 0.25) is 0 Å². The highest BCUT2D eigenvalue weighted by Gasteiger charge is 2.11. The summed E-state index contributed by atoms with van der Waals surface area (Å²) in [4.78, 5) is 24.2. The maximum atomic E-state index is 12.1. The van der Waals surface area contributed by atoms with Crippen molar-refractivity contribution in [2.45, 2.75) is 20.3 Å². The Bertz CT molecular complexity index is 730. The first-order valence-electron chi connectivity index (χ1n) is 8.05. The van der Waals surface area contributed by atoms with Gasteiger partial charge in [0.05, 0.1) is 12.2 Å². The smallest absolute Gasteiger partial charge is 0.270 e. The number of carbonyl (C=O) groups is 2. The molecule has 0 aliphatic carbocycles. The van der Waals surface area contributed by atoms with Crippen molar-refractivity contribution in [2.75, 3.05) is 6.61 Å². The Morgan fingerprint density at radius 1 is 1.00 bits per heavy atom. The molecule has 132 valence electrons. The van der Waals surface area contributed by atoms with Crippen LogP contribution in [0.1, 0.15) is 41.0 Å². The number of hydrogen-bond acceptors (Lipinski definition) is 3. The molecule has 0 radical (unpaired) electrons. The van der Waals surface area contributed by atoms with Crippen LogP contribution in [0.4, 0.5) is 0 Å². The first-order chi connectivity index (χ1) is 12.0. The molecule has 25 heavy (non-hydrogen) atoms. The van der Waals surface area contributed by atoms with Crippen LogP contribution in [-0.2, 0) is 0 Å². The zero-order chi connectivity index (χ0) is 18.2. The number of hydrogen-bond donors (Lipinski definition) is 2. The molecule has 0 atom stereocenters. The second kappa shape index (κ2) is 9.41. The number of benzene rings is 2. The van der Waals surface area contributed by atoms with E-state index < -0.39 is 0 Å². The van der Waals surface area contributed by atoms with Crippen molar-refractivity contribution in [3.8, 4) is 5.75 Å². The second-order valence-corrected chi connectivity index (χ2v) is 7.11. The fourth-order valence-electron chi connectivity index (χ4n) is 2.01. The number of nitrogens with one attached hydrogen (secondary N) is 2. The molecule has 2 amide bonds. The Hall–Kier alpha value is -2.09. The second-order valence-electron chi connectivity index (χ2n) is 5.94. The van der Waals surface area contributed by atoms with E-state index in [-0.39, 0.29) is 11.8 Å². The van der Waals surface area contributed by atoms with Crippen molar-refractivity contribution in [1.29, 1.82) is 0 Å². The van der Waals surface area contributed by atoms with Gasteiger partial charge in [-0.25, -0.2) is 0 Å². The van der Waals surface area contributed by atoms with Gasteiger partial charge in [0, 0.05) is 9.13 Å². The lowest BCUT2D eigenvalue weighted by Crippen LogP contribution is -2.41. The van der Waals surface area contributed by atoms with Crippen LogP contribution in [0.15, 0.2) is 48.5 Å². The Morgan fingerprint density at radius 2 is 1.64 bits per heavy atom. The van der Waals surface area contributed by atoms with E-state index in [1.807, 2.05) is 12.1 Å². The van der Waals surface area contributed by atoms with Gasteiger partial charge >= 0.3 is 0 Å². The average Bonchev–Trinajstić information content (AvgIpc) is 2.60. The summed E-state index contributed by atoms with van der Waals surface area (Å²) in [5.41, 5.74) is 5.80. The van der Waals surface area contributed by atoms with Crippen molar-refractivity contribution >= 4 is 34.4 Å². The third-order valence-corrected chi connectivity index (χ3v) is 4.43. The van der Waals surface area contributed by atoms with Gasteiger partial charge in [-0.15, -0.1) is 0 Å². The summed E-state index contributed by atoms with van der Waals surface area (Å²) in [6.07, 6.45) is 0.979. The maximum Gasteiger partial charge on any atom is 0.270 e. The minimum Gasteiger partial charge on any atom is -0.494 e. The molecule has 0 heterocycles. The predicted octanol–water partition coefficient (Wildman–Crippen LogP) is 3.79. The monoisotopic (exact) mass is 452 g/mol. The first kappa shape index (κ1) is 19.2. The molecule has 0 aliphatic heterocycles. The molecule has 0 aromatic heterocycles. The van der Waals surface area contributed by atoms with Gasteiger partial charge in [-0.05, 0) is 71.3 Å². The van der Waals surface area contributed by atoms with E-state index in [0.717, 1.165) is 15.7 Å². The number of hydrazine groups is 1. The van der Waals surface area contributed by atoms with Gasteiger partial charge < -0.3 is 4.74 Å². The lowest BCUT2D eigenvalue weighted by molar-refractivity contribution is 0.0846. The normalized spacial score (nSPS) is 10.4. The van der Waals surface area contributed by atoms with Crippen LogP contribution in [0.5, 0.6) is 5.75 Å². The average molecular weight is 452 g/mol. The third-order valence-electron chi connectivity index (χ3n) is 3.49. The quantitative estimate of drug-likeness (QED) is 0.518. The summed E-state index contributed by atoms with van der Waals surface area (Å²) < 4.78 is 6.43. The Balaban J connectivity index is 1.86. The van der Waals surface area contributed by atoms with Gasteiger partial charge in [0.15, 0.2) is 0 Å². The maximum absolute atomic E-state index is 12.1. The minimum absolute atomic E-state index is 0.355. The van der Waals surface area contributed by atoms with Gasteiger partial charge in [0.25, 0.3) is 11.8 Å². The first-order valence-corrected chi connectivity index (χ1v) is 9.13. The summed E-state index contributed by atoms with van der Waals surface area (Å²) in [7, 11) is 0. The minimum atomic E-state index is -0.381. The SMILES string of the molecule is CC(C)CCOc1ccc(C(=O)NNC(=O)c2ccccc2I)cc1. The highest BCUT2D eigenvalue weighted by atomic mass is 127. The van der Waals surface area contributed by atoms with Crippen LogP contribution in [0.25, 0.3) is 0 Å². The molecular formula is C19H21IN2O3. The molecular weight excluding hydrogens is 431 g/mol. The fourth-order valence-corrected chi connectivity index (χ4v) is 2.65. The molecule has 0 unspecified atom stereocenters. The van der Waals surface area contributed by atoms with Crippen LogP contribution < -0.4 is 15.6 Å². The molecule has 0 saturated carbocycles. The largest absolute Gasteiger partial charge is 0.494 e. The number of amides is 2. The molecule has 5 nitrogen and oxygen atoms in total. The zero-order valence-electron chi connectivity index (χ0n) is 14.2. The lowest BCUT2D eigenvalue weighted by Gasteiger charge is -2.10. The van der Waals surface area contributed by atoms with Gasteiger partial charge in [0.1, 0.15) is 5.75 Å². The van der Waals surface area contributed by atoms with E-state index >= 15 is 0 Å². The van der Waals surface area contributed by atoms with E-state index in [1.165, 1.54) is 0 Å². The number of carbonyl (C=O) groups excluding carboxylic acids is 2. The van der Waals surface area contributed by atoms with E-state index in [9.17, 15) is 9.59 Å². The molecule has 0 bridgehead atoms. The summed E-state index contributed by atoms with van der Waals surface area (Å²) in [5.74, 6) is 0.571. The highest BCUT2D eigenvalue weighted by molar-refractivity contribution is 14.1. The van der Waals surface area contributed by atoms with Gasteiger partial charge in [-0.2, -0.15) is 0 Å². The Morgan fingerprint density at radius 3 is 2.28 bits per heavy atom. The molecule has 0 aliphatic rings. The van der Waals surface area contributed by atoms with Crippen molar-refractivity contribution in [2.24, 2.45) is 5.92 Å². The van der Waals surface area contributed by atoms with Crippen molar-refractivity contribution in [3.63, 3.8) is 0 Å². The fraction of sp³-hybridized carbons (Fsp3) is 0.263. The summed E-state index contributed by atoms with van der Waals surface area (Å²) in [5, 5.41) is 0. The zero-order valence-corrected chi connectivity index (χ0v) is 16.4. The van der Waals surface area contributed by atoms with Crippen LogP contribution in [0.3, 0.4) is 0 Å². The van der Waals surface area contributed by atoms with Gasteiger partial charge in [-0.1, -0.05) is 26.0 Å². The topological polar surface area (TPSA) is 67.4 Å². The molecule has 2 N–H and O–H groups in total. The number of halogens is 1. The highest BCUT2D eigenvalue weighted by Crippen LogP contribution is 2.14. The van der Waals surface area contributed by atoms with Crippen LogP contribution in [0, 0.1) is 9.49 Å². The van der Waals surface area contributed by atoms with Crippen LogP contribution >= 0.6 is 22.6 Å². The summed E-state index contributed by atoms with van der Waals surface area (Å²) >= 11 is 2.08. The van der Waals surface area contributed by atoms with Crippen molar-refractivity contribution < 1.29 is 14.3 Å².